The third-order valence-corrected chi connectivity index (χ3v) is 6.98. The van der Waals surface area contributed by atoms with Crippen molar-refractivity contribution in [3.63, 3.8) is 0 Å². The van der Waals surface area contributed by atoms with Crippen LogP contribution in [0.25, 0.3) is 11.4 Å². The van der Waals surface area contributed by atoms with E-state index in [-0.39, 0.29) is 17.6 Å². The lowest BCUT2D eigenvalue weighted by Gasteiger charge is -2.19. The third-order valence-electron chi connectivity index (χ3n) is 6.98. The zero-order valence-corrected chi connectivity index (χ0v) is 23.3. The van der Waals surface area contributed by atoms with Gasteiger partial charge in [0.1, 0.15) is 11.9 Å². The van der Waals surface area contributed by atoms with E-state index < -0.39 is 23.2 Å². The highest BCUT2D eigenvalue weighted by atomic mass is 19.2. The molecule has 0 spiro atoms. The first kappa shape index (κ1) is 29.4. The number of hydrogen-bond donors (Lipinski definition) is 0. The minimum atomic E-state index is -1.28. The maximum Gasteiger partial charge on any atom is 0.346 e. The second-order valence-electron chi connectivity index (χ2n) is 10.3. The molecular weight excluding hydrogens is 514 g/mol. The van der Waals surface area contributed by atoms with Gasteiger partial charge in [-0.2, -0.15) is 4.39 Å². The standard InChI is InChI=1S/C32H38F2N2O4/c1-3-5-6-7-8-9-19-38-25-20-35-31(36-21-25)23-13-15-24(16-14-23)39-32(37)26-17-18-28(30(34)29(26)33)40-27(10-4-2)22-11-12-22/h13-18,20-22,27H,3-12,19H2,1-2H3. The number of carbonyl (C=O) groups is 1. The molecule has 1 atom stereocenters. The van der Waals surface area contributed by atoms with Gasteiger partial charge in [-0.3, -0.25) is 0 Å². The van der Waals surface area contributed by atoms with Crippen LogP contribution >= 0.6 is 0 Å². The Balaban J connectivity index is 1.30. The predicted octanol–water partition coefficient (Wildman–Crippen LogP) is 8.34. The van der Waals surface area contributed by atoms with E-state index in [0.717, 1.165) is 38.5 Å². The van der Waals surface area contributed by atoms with Crippen LogP contribution in [-0.4, -0.2) is 28.6 Å². The third kappa shape index (κ3) is 8.23. The normalized spacial score (nSPS) is 13.6. The minimum Gasteiger partial charge on any atom is -0.490 e. The topological polar surface area (TPSA) is 70.5 Å². The lowest BCUT2D eigenvalue weighted by molar-refractivity contribution is 0.0728. The molecule has 0 radical (unpaired) electrons. The molecule has 1 unspecified atom stereocenters. The summed E-state index contributed by atoms with van der Waals surface area (Å²) in [6, 6.07) is 8.97. The fourth-order valence-electron chi connectivity index (χ4n) is 4.53. The first-order valence-electron chi connectivity index (χ1n) is 14.4. The fourth-order valence-corrected chi connectivity index (χ4v) is 4.53. The summed E-state index contributed by atoms with van der Waals surface area (Å²) in [7, 11) is 0. The molecule has 2 aromatic carbocycles. The van der Waals surface area contributed by atoms with Crippen LogP contribution in [0.4, 0.5) is 8.78 Å². The van der Waals surface area contributed by atoms with E-state index in [4.69, 9.17) is 14.2 Å². The summed E-state index contributed by atoms with van der Waals surface area (Å²) in [5, 5.41) is 0. The van der Waals surface area contributed by atoms with E-state index in [1.807, 2.05) is 6.92 Å². The van der Waals surface area contributed by atoms with Crippen molar-refractivity contribution in [3.8, 4) is 28.6 Å². The molecular formula is C32H38F2N2O4. The molecule has 3 aromatic rings. The van der Waals surface area contributed by atoms with Gasteiger partial charge in [-0.15, -0.1) is 0 Å². The summed E-state index contributed by atoms with van der Waals surface area (Å²) in [5.74, 6) is -1.97. The van der Waals surface area contributed by atoms with E-state index in [2.05, 4.69) is 16.9 Å². The van der Waals surface area contributed by atoms with Gasteiger partial charge in [0.05, 0.1) is 24.6 Å². The van der Waals surface area contributed by atoms with Crippen molar-refractivity contribution in [3.05, 3.63) is 66.0 Å². The number of nitrogens with zero attached hydrogens (tertiary/aromatic N) is 2. The molecule has 6 nitrogen and oxygen atoms in total. The Morgan fingerprint density at radius 3 is 2.25 bits per heavy atom. The Labute approximate surface area is 235 Å². The van der Waals surface area contributed by atoms with E-state index in [0.29, 0.717) is 29.7 Å². The van der Waals surface area contributed by atoms with Gasteiger partial charge >= 0.3 is 5.97 Å². The van der Waals surface area contributed by atoms with Gasteiger partial charge in [0.15, 0.2) is 23.1 Å². The second-order valence-corrected chi connectivity index (χ2v) is 10.3. The van der Waals surface area contributed by atoms with Crippen molar-refractivity contribution in [2.24, 2.45) is 5.92 Å². The lowest BCUT2D eigenvalue weighted by atomic mass is 10.1. The van der Waals surface area contributed by atoms with Gasteiger partial charge in [0.2, 0.25) is 5.82 Å². The Kier molecular flexibility index (Phi) is 10.8. The largest absolute Gasteiger partial charge is 0.490 e. The van der Waals surface area contributed by atoms with Crippen LogP contribution in [0.1, 0.15) is 88.4 Å². The number of hydrogen-bond acceptors (Lipinski definition) is 6. The second kappa shape index (κ2) is 14.7. The molecule has 1 aliphatic rings. The number of ether oxygens (including phenoxy) is 3. The Bertz CT molecular complexity index is 1230. The summed E-state index contributed by atoms with van der Waals surface area (Å²) in [6.45, 7) is 4.86. The fraction of sp³-hybridized carbons (Fsp3) is 0.469. The molecule has 0 aliphatic heterocycles. The molecule has 4 rings (SSSR count). The Morgan fingerprint density at radius 1 is 0.875 bits per heavy atom. The molecule has 0 N–H and O–H groups in total. The SMILES string of the molecule is CCCCCCCCOc1cnc(-c2ccc(OC(=O)c3ccc(OC(CCC)C4CC4)c(F)c3F)cc2)nc1. The van der Waals surface area contributed by atoms with Gasteiger partial charge in [-0.25, -0.2) is 19.2 Å². The van der Waals surface area contributed by atoms with Crippen LogP contribution in [0, 0.1) is 17.6 Å². The van der Waals surface area contributed by atoms with E-state index in [1.165, 1.54) is 37.8 Å². The van der Waals surface area contributed by atoms with Crippen molar-refractivity contribution in [1.29, 1.82) is 0 Å². The molecule has 0 amide bonds. The highest BCUT2D eigenvalue weighted by molar-refractivity contribution is 5.91. The van der Waals surface area contributed by atoms with E-state index in [9.17, 15) is 13.6 Å². The molecule has 1 aromatic heterocycles. The maximum absolute atomic E-state index is 14.8. The first-order valence-corrected chi connectivity index (χ1v) is 14.4. The number of aromatic nitrogens is 2. The van der Waals surface area contributed by atoms with Crippen LogP contribution in [-0.2, 0) is 0 Å². The molecule has 1 saturated carbocycles. The summed E-state index contributed by atoms with van der Waals surface area (Å²) < 4.78 is 46.3. The van der Waals surface area contributed by atoms with Crippen LogP contribution in [0.3, 0.4) is 0 Å². The average molecular weight is 553 g/mol. The predicted molar refractivity (Wildman–Crippen MR) is 150 cm³/mol. The quantitative estimate of drug-likeness (QED) is 0.101. The van der Waals surface area contributed by atoms with Crippen LogP contribution < -0.4 is 14.2 Å². The van der Waals surface area contributed by atoms with Crippen molar-refractivity contribution in [1.82, 2.24) is 9.97 Å². The Morgan fingerprint density at radius 2 is 1.57 bits per heavy atom. The van der Waals surface area contributed by atoms with Crippen molar-refractivity contribution < 1.29 is 27.8 Å². The first-order chi connectivity index (χ1) is 19.5. The highest BCUT2D eigenvalue weighted by Gasteiger charge is 2.33. The summed E-state index contributed by atoms with van der Waals surface area (Å²) in [4.78, 5) is 21.3. The monoisotopic (exact) mass is 552 g/mol. The lowest BCUT2D eigenvalue weighted by Crippen LogP contribution is -2.20. The number of carbonyl (C=O) groups excluding carboxylic acids is 1. The minimum absolute atomic E-state index is 0.145. The molecule has 1 heterocycles. The van der Waals surface area contributed by atoms with Crippen molar-refractivity contribution in [2.45, 2.75) is 84.2 Å². The number of unbranched alkanes of at least 4 members (excludes halogenated alkanes) is 5. The van der Waals surface area contributed by atoms with Gasteiger partial charge in [-0.05, 0) is 68.0 Å². The number of benzene rings is 2. The molecule has 0 bridgehead atoms. The molecule has 40 heavy (non-hydrogen) atoms. The summed E-state index contributed by atoms with van der Waals surface area (Å²) in [5.41, 5.74) is 0.213. The zero-order chi connectivity index (χ0) is 28.3. The molecule has 1 aliphatic carbocycles. The van der Waals surface area contributed by atoms with Gasteiger partial charge in [0, 0.05) is 5.56 Å². The van der Waals surface area contributed by atoms with Gasteiger partial charge in [-0.1, -0.05) is 52.4 Å². The number of rotatable bonds is 16. The Hall–Kier alpha value is -3.55. The van der Waals surface area contributed by atoms with Crippen LogP contribution in [0.5, 0.6) is 17.2 Å². The number of halogens is 2. The summed E-state index contributed by atoms with van der Waals surface area (Å²) >= 11 is 0. The van der Waals surface area contributed by atoms with Crippen molar-refractivity contribution in [2.75, 3.05) is 6.61 Å². The highest BCUT2D eigenvalue weighted by Crippen LogP contribution is 2.38. The number of esters is 1. The zero-order valence-electron chi connectivity index (χ0n) is 23.3. The van der Waals surface area contributed by atoms with Gasteiger partial charge < -0.3 is 14.2 Å². The molecule has 1 fully saturated rings. The maximum atomic E-state index is 14.8. The molecule has 8 heteroatoms. The molecule has 214 valence electrons. The van der Waals surface area contributed by atoms with E-state index >= 15 is 0 Å². The van der Waals surface area contributed by atoms with E-state index in [1.54, 1.807) is 36.7 Å². The molecule has 0 saturated heterocycles. The van der Waals surface area contributed by atoms with Crippen LogP contribution in [0.15, 0.2) is 48.8 Å². The summed E-state index contributed by atoms with van der Waals surface area (Å²) in [6.07, 6.45) is 14.0. The smallest absolute Gasteiger partial charge is 0.346 e. The average Bonchev–Trinajstić information content (AvgIpc) is 3.81. The van der Waals surface area contributed by atoms with Crippen LogP contribution in [0.2, 0.25) is 0 Å². The van der Waals surface area contributed by atoms with Crippen molar-refractivity contribution >= 4 is 5.97 Å². The van der Waals surface area contributed by atoms with Gasteiger partial charge in [0.25, 0.3) is 0 Å².